The van der Waals surface area contributed by atoms with Crippen molar-refractivity contribution in [3.8, 4) is 0 Å². The second-order valence-corrected chi connectivity index (χ2v) is 3.86. The normalized spacial score (nSPS) is 41.4. The van der Waals surface area contributed by atoms with Gasteiger partial charge in [0.15, 0.2) is 0 Å². The van der Waals surface area contributed by atoms with Crippen LogP contribution in [0.15, 0.2) is 0 Å². The molecule has 0 spiro atoms. The maximum Gasteiger partial charge on any atom is 0.0185 e. The van der Waals surface area contributed by atoms with Crippen molar-refractivity contribution in [3.63, 3.8) is 0 Å². The Balaban J connectivity index is 2.36. The Labute approximate surface area is 64.2 Å². The molecule has 1 heteroatoms. The molecule has 1 N–H and O–H groups in total. The van der Waals surface area contributed by atoms with Crippen molar-refractivity contribution >= 4 is 0 Å². The highest BCUT2D eigenvalue weighted by molar-refractivity contribution is 5.07. The first kappa shape index (κ1) is 8.06. The van der Waals surface area contributed by atoms with E-state index in [1.54, 1.807) is 0 Å². The predicted octanol–water partition coefficient (Wildman–Crippen LogP) is 2.03. The van der Waals surface area contributed by atoms with Gasteiger partial charge in [0.05, 0.1) is 0 Å². The molecule has 0 aromatic rings. The van der Waals surface area contributed by atoms with Crippen molar-refractivity contribution in [2.45, 2.75) is 39.2 Å². The smallest absolute Gasteiger partial charge is 0.0185 e. The lowest BCUT2D eigenvalue weighted by Gasteiger charge is -2.13. The summed E-state index contributed by atoms with van der Waals surface area (Å²) in [5.74, 6) is 1.83. The molecule has 1 aliphatic carbocycles. The topological polar surface area (TPSA) is 12.0 Å². The molecule has 0 aliphatic heterocycles. The van der Waals surface area contributed by atoms with Crippen molar-refractivity contribution in [3.05, 3.63) is 0 Å². The third-order valence-corrected chi connectivity index (χ3v) is 3.20. The van der Waals surface area contributed by atoms with Gasteiger partial charge in [-0.25, -0.2) is 0 Å². The zero-order valence-corrected chi connectivity index (χ0v) is 7.57. The first-order valence-electron chi connectivity index (χ1n) is 4.33. The van der Waals surface area contributed by atoms with Crippen LogP contribution < -0.4 is 5.32 Å². The fraction of sp³-hybridized carbons (Fsp3) is 1.00. The molecule has 2 unspecified atom stereocenters. The van der Waals surface area contributed by atoms with E-state index < -0.39 is 0 Å². The van der Waals surface area contributed by atoms with E-state index in [-0.39, 0.29) is 0 Å². The van der Waals surface area contributed by atoms with Crippen molar-refractivity contribution in [1.29, 1.82) is 0 Å². The number of nitrogens with one attached hydrogen (secondary N) is 1. The van der Waals surface area contributed by atoms with Crippen LogP contribution in [0.2, 0.25) is 0 Å². The van der Waals surface area contributed by atoms with Gasteiger partial charge in [-0.05, 0) is 32.2 Å². The van der Waals surface area contributed by atoms with E-state index in [9.17, 15) is 0 Å². The van der Waals surface area contributed by atoms with E-state index >= 15 is 0 Å². The highest BCUT2D eigenvalue weighted by Crippen LogP contribution is 2.48. The minimum atomic E-state index is 0.482. The zero-order chi connectivity index (χ0) is 7.78. The lowest BCUT2D eigenvalue weighted by Crippen LogP contribution is -2.27. The average Bonchev–Trinajstić information content (AvgIpc) is 2.62. The molecule has 0 aromatic heterocycles. The molecule has 1 saturated carbocycles. The summed E-state index contributed by atoms with van der Waals surface area (Å²) in [5.41, 5.74) is 0.482. The lowest BCUT2D eigenvalue weighted by molar-refractivity contribution is 0.417. The Kier molecular flexibility index (Phi) is 2.04. The van der Waals surface area contributed by atoms with Crippen LogP contribution >= 0.6 is 0 Å². The number of hydrogen-bond donors (Lipinski definition) is 1. The van der Waals surface area contributed by atoms with E-state index in [4.69, 9.17) is 0 Å². The highest BCUT2D eigenvalue weighted by atomic mass is 15.0. The molecule has 10 heavy (non-hydrogen) atoms. The summed E-state index contributed by atoms with van der Waals surface area (Å²) in [4.78, 5) is 0. The Bertz CT molecular complexity index is 122. The van der Waals surface area contributed by atoms with E-state index in [1.807, 2.05) is 0 Å². The van der Waals surface area contributed by atoms with E-state index in [0.717, 1.165) is 11.8 Å². The predicted molar refractivity (Wildman–Crippen MR) is 45.0 cm³/mol. The van der Waals surface area contributed by atoms with Crippen LogP contribution in [0.5, 0.6) is 0 Å². The van der Waals surface area contributed by atoms with Crippen LogP contribution in [0.3, 0.4) is 0 Å². The molecular formula is C9H19N. The summed E-state index contributed by atoms with van der Waals surface area (Å²) in [6.45, 7) is 6.95. The van der Waals surface area contributed by atoms with Crippen LogP contribution in [0.4, 0.5) is 0 Å². The van der Waals surface area contributed by atoms with Crippen LogP contribution in [-0.2, 0) is 0 Å². The zero-order valence-electron chi connectivity index (χ0n) is 7.57. The molecule has 1 nitrogen and oxygen atoms in total. The Morgan fingerprint density at radius 1 is 1.70 bits per heavy atom. The van der Waals surface area contributed by atoms with Crippen LogP contribution in [0.1, 0.15) is 33.6 Å². The van der Waals surface area contributed by atoms with Gasteiger partial charge in [-0.2, -0.15) is 0 Å². The summed E-state index contributed by atoms with van der Waals surface area (Å²) < 4.78 is 0. The molecule has 3 atom stereocenters. The molecule has 1 aliphatic rings. The summed E-state index contributed by atoms with van der Waals surface area (Å²) in [5, 5.41) is 3.38. The second-order valence-electron chi connectivity index (χ2n) is 3.86. The van der Waals surface area contributed by atoms with E-state index in [0.29, 0.717) is 5.54 Å². The van der Waals surface area contributed by atoms with Gasteiger partial charge >= 0.3 is 0 Å². The third kappa shape index (κ3) is 1.20. The van der Waals surface area contributed by atoms with Crippen molar-refractivity contribution in [1.82, 2.24) is 5.32 Å². The third-order valence-electron chi connectivity index (χ3n) is 3.20. The maximum atomic E-state index is 3.38. The number of hydrogen-bond acceptors (Lipinski definition) is 1. The molecule has 60 valence electrons. The van der Waals surface area contributed by atoms with Gasteiger partial charge in [-0.1, -0.05) is 20.3 Å². The highest BCUT2D eigenvalue weighted by Gasteiger charge is 2.50. The van der Waals surface area contributed by atoms with Gasteiger partial charge in [0, 0.05) is 5.54 Å². The first-order valence-corrected chi connectivity index (χ1v) is 4.33. The van der Waals surface area contributed by atoms with E-state index in [2.05, 4.69) is 33.1 Å². The molecule has 0 amide bonds. The quantitative estimate of drug-likeness (QED) is 0.634. The first-order chi connectivity index (χ1) is 4.64. The molecular weight excluding hydrogens is 122 g/mol. The van der Waals surface area contributed by atoms with Crippen molar-refractivity contribution in [2.75, 3.05) is 7.05 Å². The van der Waals surface area contributed by atoms with Gasteiger partial charge in [0.2, 0.25) is 0 Å². The minimum Gasteiger partial charge on any atom is -0.314 e. The summed E-state index contributed by atoms with van der Waals surface area (Å²) in [6, 6.07) is 0. The summed E-state index contributed by atoms with van der Waals surface area (Å²) in [6.07, 6.45) is 2.69. The molecule has 1 rings (SSSR count). The Morgan fingerprint density at radius 2 is 2.30 bits per heavy atom. The summed E-state index contributed by atoms with van der Waals surface area (Å²) >= 11 is 0. The second kappa shape index (κ2) is 2.54. The number of rotatable bonds is 3. The van der Waals surface area contributed by atoms with Crippen molar-refractivity contribution in [2.24, 2.45) is 11.8 Å². The van der Waals surface area contributed by atoms with Crippen LogP contribution in [0, 0.1) is 11.8 Å². The van der Waals surface area contributed by atoms with Gasteiger partial charge in [0.25, 0.3) is 0 Å². The Morgan fingerprint density at radius 3 is 2.60 bits per heavy atom. The molecule has 1 fully saturated rings. The van der Waals surface area contributed by atoms with Crippen molar-refractivity contribution < 1.29 is 0 Å². The standard InChI is InChI=1S/C9H19N/c1-5-7(2)8-6-9(8,3)10-4/h7-8,10H,5-6H2,1-4H3/t7?,8?,9-/m1/s1. The largest absolute Gasteiger partial charge is 0.314 e. The SMILES string of the molecule is CCC(C)C1C[C@@]1(C)NC. The van der Waals surface area contributed by atoms with E-state index in [1.165, 1.54) is 12.8 Å². The molecule has 0 aromatic carbocycles. The fourth-order valence-corrected chi connectivity index (χ4v) is 1.80. The van der Waals surface area contributed by atoms with Gasteiger partial charge in [-0.15, -0.1) is 0 Å². The molecule has 0 heterocycles. The monoisotopic (exact) mass is 141 g/mol. The average molecular weight is 141 g/mol. The van der Waals surface area contributed by atoms with Gasteiger partial charge in [0.1, 0.15) is 0 Å². The minimum absolute atomic E-state index is 0.482. The van der Waals surface area contributed by atoms with Gasteiger partial charge in [-0.3, -0.25) is 0 Å². The molecule has 0 radical (unpaired) electrons. The fourth-order valence-electron chi connectivity index (χ4n) is 1.80. The Hall–Kier alpha value is -0.0400. The molecule has 0 saturated heterocycles. The lowest BCUT2D eigenvalue weighted by atomic mass is 10.0. The maximum absolute atomic E-state index is 3.38. The van der Waals surface area contributed by atoms with Crippen LogP contribution in [-0.4, -0.2) is 12.6 Å². The summed E-state index contributed by atoms with van der Waals surface area (Å²) in [7, 11) is 2.07. The molecule has 0 bridgehead atoms. The van der Waals surface area contributed by atoms with Gasteiger partial charge < -0.3 is 5.32 Å². The van der Waals surface area contributed by atoms with Crippen LogP contribution in [0.25, 0.3) is 0 Å².